The van der Waals surface area contributed by atoms with E-state index in [9.17, 15) is 23.1 Å². The van der Waals surface area contributed by atoms with Crippen LogP contribution in [-0.2, 0) is 4.74 Å². The van der Waals surface area contributed by atoms with Crippen LogP contribution in [-0.4, -0.2) is 48.0 Å². The Morgan fingerprint density at radius 1 is 1.41 bits per heavy atom. The highest BCUT2D eigenvalue weighted by atomic mass is 19.4. The molecule has 1 saturated heterocycles. The maximum Gasteiger partial charge on any atom is 0.417 e. The van der Waals surface area contributed by atoms with Crippen molar-refractivity contribution in [2.45, 2.75) is 37.6 Å². The molecule has 0 bridgehead atoms. The van der Waals surface area contributed by atoms with Gasteiger partial charge >= 0.3 is 12.1 Å². The highest BCUT2D eigenvalue weighted by Crippen LogP contribution is 2.40. The summed E-state index contributed by atoms with van der Waals surface area (Å²) in [4.78, 5) is 13.1. The van der Waals surface area contributed by atoms with E-state index in [4.69, 9.17) is 4.42 Å². The highest BCUT2D eigenvalue weighted by molar-refractivity contribution is 5.86. The number of hydrogen-bond acceptors (Lipinski definition) is 5. The van der Waals surface area contributed by atoms with Gasteiger partial charge in [-0.1, -0.05) is 0 Å². The van der Waals surface area contributed by atoms with E-state index < -0.39 is 17.7 Å². The van der Waals surface area contributed by atoms with Gasteiger partial charge in [-0.15, -0.1) is 0 Å². The molecule has 2 heterocycles. The Bertz CT molecular complexity index is 532. The second kappa shape index (κ2) is 5.92. The smallest absolute Gasteiger partial charge is 0.417 e. The minimum Gasteiger partial charge on any atom is -0.463 e. The monoisotopic (exact) mass is 321 g/mol. The Morgan fingerprint density at radius 3 is 2.50 bits per heavy atom. The number of rotatable bonds is 3. The van der Waals surface area contributed by atoms with Crippen LogP contribution in [0, 0.1) is 0 Å². The van der Waals surface area contributed by atoms with E-state index in [2.05, 4.69) is 4.74 Å². The molecule has 0 radical (unpaired) electrons. The van der Waals surface area contributed by atoms with E-state index >= 15 is 0 Å². The maximum atomic E-state index is 12.8. The quantitative estimate of drug-likeness (QED) is 0.867. The van der Waals surface area contributed by atoms with Gasteiger partial charge in [0.15, 0.2) is 5.60 Å². The summed E-state index contributed by atoms with van der Waals surface area (Å²) >= 11 is 0. The minimum atomic E-state index is -4.62. The van der Waals surface area contributed by atoms with Crippen molar-refractivity contribution >= 4 is 5.97 Å². The van der Waals surface area contributed by atoms with Crippen molar-refractivity contribution in [2.24, 2.45) is 0 Å². The molecule has 1 fully saturated rings. The summed E-state index contributed by atoms with van der Waals surface area (Å²) < 4.78 is 48.2. The van der Waals surface area contributed by atoms with Gasteiger partial charge < -0.3 is 14.3 Å². The third-order valence-corrected chi connectivity index (χ3v) is 4.13. The number of methoxy groups -OCH3 is 1. The molecule has 1 aromatic rings. The van der Waals surface area contributed by atoms with Gasteiger partial charge in [0.2, 0.25) is 5.76 Å². The van der Waals surface area contributed by atoms with E-state index in [1.54, 1.807) is 17.9 Å². The van der Waals surface area contributed by atoms with Gasteiger partial charge in [-0.2, -0.15) is 13.2 Å². The van der Waals surface area contributed by atoms with Crippen molar-refractivity contribution < 1.29 is 32.2 Å². The molecule has 0 spiro atoms. The largest absolute Gasteiger partial charge is 0.463 e. The van der Waals surface area contributed by atoms with Crippen LogP contribution < -0.4 is 0 Å². The Labute approximate surface area is 125 Å². The second-order valence-electron chi connectivity index (χ2n) is 5.43. The molecule has 0 amide bonds. The van der Waals surface area contributed by atoms with Crippen molar-refractivity contribution in [2.75, 3.05) is 20.2 Å². The van der Waals surface area contributed by atoms with Gasteiger partial charge in [0.1, 0.15) is 5.76 Å². The average molecular weight is 321 g/mol. The first-order valence-corrected chi connectivity index (χ1v) is 6.89. The van der Waals surface area contributed by atoms with E-state index in [0.29, 0.717) is 5.76 Å². The van der Waals surface area contributed by atoms with Gasteiger partial charge in [0.05, 0.1) is 13.2 Å². The second-order valence-corrected chi connectivity index (χ2v) is 5.43. The van der Waals surface area contributed by atoms with E-state index in [1.807, 2.05) is 0 Å². The van der Waals surface area contributed by atoms with Gasteiger partial charge in [-0.3, -0.25) is 4.90 Å². The zero-order chi connectivity index (χ0) is 16.5. The lowest BCUT2D eigenvalue weighted by Gasteiger charge is -2.40. The minimum absolute atomic E-state index is 0.0492. The fourth-order valence-corrected chi connectivity index (χ4v) is 2.53. The van der Waals surface area contributed by atoms with Crippen LogP contribution in [0.1, 0.15) is 42.1 Å². The SMILES string of the molecule is COC(=O)c1ccc(C(C)N2CCC(O)(C(F)(F)F)CC2)o1. The zero-order valence-electron chi connectivity index (χ0n) is 12.3. The predicted octanol–water partition coefficient (Wildman–Crippen LogP) is 2.52. The number of hydrogen-bond donors (Lipinski definition) is 1. The Morgan fingerprint density at radius 2 is 2.00 bits per heavy atom. The first-order chi connectivity index (χ1) is 10.2. The number of ether oxygens (including phenoxy) is 1. The molecule has 22 heavy (non-hydrogen) atoms. The number of nitrogens with zero attached hydrogens (tertiary/aromatic N) is 1. The maximum absolute atomic E-state index is 12.8. The molecule has 124 valence electrons. The molecular formula is C14H18F3NO4. The first-order valence-electron chi connectivity index (χ1n) is 6.89. The summed E-state index contributed by atoms with van der Waals surface area (Å²) in [6.45, 7) is 1.95. The summed E-state index contributed by atoms with van der Waals surface area (Å²) in [5.41, 5.74) is -2.62. The number of esters is 1. The van der Waals surface area contributed by atoms with Crippen LogP contribution in [0.25, 0.3) is 0 Å². The average Bonchev–Trinajstić information content (AvgIpc) is 2.95. The molecule has 1 aliphatic heterocycles. The number of furan rings is 1. The topological polar surface area (TPSA) is 62.9 Å². The van der Waals surface area contributed by atoms with Crippen molar-refractivity contribution in [3.63, 3.8) is 0 Å². The summed E-state index contributed by atoms with van der Waals surface area (Å²) in [5.74, 6) is -0.0884. The van der Waals surface area contributed by atoms with Crippen LogP contribution in [0.4, 0.5) is 13.2 Å². The van der Waals surface area contributed by atoms with Gasteiger partial charge in [-0.05, 0) is 31.9 Å². The zero-order valence-corrected chi connectivity index (χ0v) is 12.3. The van der Waals surface area contributed by atoms with Gasteiger partial charge in [0.25, 0.3) is 0 Å². The summed E-state index contributed by atoms with van der Waals surface area (Å²) in [6, 6.07) is 2.77. The third-order valence-electron chi connectivity index (χ3n) is 4.13. The lowest BCUT2D eigenvalue weighted by molar-refractivity contribution is -0.273. The van der Waals surface area contributed by atoms with Crippen molar-refractivity contribution in [3.8, 4) is 0 Å². The van der Waals surface area contributed by atoms with Crippen molar-refractivity contribution in [3.05, 3.63) is 23.7 Å². The molecule has 5 nitrogen and oxygen atoms in total. The summed E-state index contributed by atoms with van der Waals surface area (Å²) in [6.07, 6.45) is -5.39. The molecule has 1 atom stereocenters. The molecule has 0 saturated carbocycles. The highest BCUT2D eigenvalue weighted by Gasteiger charge is 2.54. The van der Waals surface area contributed by atoms with Crippen LogP contribution in [0.2, 0.25) is 0 Å². The molecule has 0 aliphatic carbocycles. The van der Waals surface area contributed by atoms with Gasteiger partial charge in [-0.25, -0.2) is 4.79 Å². The van der Waals surface area contributed by atoms with Gasteiger partial charge in [0, 0.05) is 13.1 Å². The first kappa shape index (κ1) is 16.8. The molecule has 1 N–H and O–H groups in total. The number of alkyl halides is 3. The molecular weight excluding hydrogens is 303 g/mol. The fraction of sp³-hybridized carbons (Fsp3) is 0.643. The lowest BCUT2D eigenvalue weighted by atomic mass is 9.90. The third kappa shape index (κ3) is 3.12. The molecule has 1 aromatic heterocycles. The molecule has 2 rings (SSSR count). The van der Waals surface area contributed by atoms with E-state index in [-0.39, 0.29) is 37.7 Å². The Balaban J connectivity index is 2.02. The van der Waals surface area contributed by atoms with Crippen LogP contribution in [0.5, 0.6) is 0 Å². The van der Waals surface area contributed by atoms with E-state index in [0.717, 1.165) is 0 Å². The van der Waals surface area contributed by atoms with Crippen molar-refractivity contribution in [1.82, 2.24) is 4.90 Å². The number of halogens is 3. The lowest BCUT2D eigenvalue weighted by Crippen LogP contribution is -2.53. The number of carbonyl (C=O) groups excluding carboxylic acids is 1. The van der Waals surface area contributed by atoms with Crippen LogP contribution in [0.3, 0.4) is 0 Å². The molecule has 1 aliphatic rings. The number of aliphatic hydroxyl groups is 1. The summed E-state index contributed by atoms with van der Waals surface area (Å²) in [5, 5.41) is 9.65. The normalized spacial score (nSPS) is 20.6. The standard InChI is InChI=1S/C14H18F3NO4/c1-9(10-3-4-11(22-10)12(19)21-2)18-7-5-13(20,6-8-18)14(15,16)17/h3-4,9,20H,5-8H2,1-2H3. The van der Waals surface area contributed by atoms with E-state index in [1.165, 1.54) is 13.2 Å². The molecule has 0 aromatic carbocycles. The van der Waals surface area contributed by atoms with Crippen molar-refractivity contribution in [1.29, 1.82) is 0 Å². The fourth-order valence-electron chi connectivity index (χ4n) is 2.53. The predicted molar refractivity (Wildman–Crippen MR) is 70.3 cm³/mol. The Hall–Kier alpha value is -1.54. The summed E-state index contributed by atoms with van der Waals surface area (Å²) in [7, 11) is 1.23. The van der Waals surface area contributed by atoms with Crippen LogP contribution in [0.15, 0.2) is 16.5 Å². The molecule has 8 heteroatoms. The Kier molecular flexibility index (Phi) is 4.53. The molecule has 1 unspecified atom stereocenters. The number of carbonyl (C=O) groups is 1. The van der Waals surface area contributed by atoms with Crippen LogP contribution >= 0.6 is 0 Å². The number of likely N-dealkylation sites (tertiary alicyclic amines) is 1. The number of piperidine rings is 1.